The summed E-state index contributed by atoms with van der Waals surface area (Å²) in [5, 5.41) is 3.10. The SMILES string of the molecule is CCCOCCOc1cc(NCC)ncn1. The van der Waals surface area contributed by atoms with Crippen LogP contribution in [0.15, 0.2) is 12.4 Å². The summed E-state index contributed by atoms with van der Waals surface area (Å²) in [6.07, 6.45) is 2.51. The van der Waals surface area contributed by atoms with Crippen molar-refractivity contribution >= 4 is 5.82 Å². The predicted octanol–water partition coefficient (Wildman–Crippen LogP) is 1.71. The normalized spacial score (nSPS) is 10.1. The van der Waals surface area contributed by atoms with Crippen LogP contribution in [0.1, 0.15) is 20.3 Å². The van der Waals surface area contributed by atoms with Crippen LogP contribution in [-0.2, 0) is 4.74 Å². The Kier molecular flexibility index (Phi) is 6.25. The van der Waals surface area contributed by atoms with Crippen LogP contribution < -0.4 is 10.1 Å². The summed E-state index contributed by atoms with van der Waals surface area (Å²) in [5.74, 6) is 1.35. The number of aromatic nitrogens is 2. The molecule has 90 valence electrons. The Bertz CT molecular complexity index is 294. The Morgan fingerprint density at radius 1 is 1.19 bits per heavy atom. The van der Waals surface area contributed by atoms with Crippen molar-refractivity contribution in [1.29, 1.82) is 0 Å². The summed E-state index contributed by atoms with van der Waals surface area (Å²) in [7, 11) is 0. The van der Waals surface area contributed by atoms with E-state index in [1.807, 2.05) is 6.92 Å². The van der Waals surface area contributed by atoms with Gasteiger partial charge in [0.1, 0.15) is 18.8 Å². The Balaban J connectivity index is 2.27. The summed E-state index contributed by atoms with van der Waals surface area (Å²) >= 11 is 0. The molecule has 1 N–H and O–H groups in total. The molecule has 1 rings (SSSR count). The van der Waals surface area contributed by atoms with Gasteiger partial charge in [0.05, 0.1) is 6.61 Å². The van der Waals surface area contributed by atoms with E-state index in [-0.39, 0.29) is 0 Å². The van der Waals surface area contributed by atoms with Gasteiger partial charge in [0.25, 0.3) is 0 Å². The molecule has 0 bridgehead atoms. The smallest absolute Gasteiger partial charge is 0.218 e. The van der Waals surface area contributed by atoms with Crippen molar-refractivity contribution in [1.82, 2.24) is 9.97 Å². The molecular weight excluding hydrogens is 206 g/mol. The van der Waals surface area contributed by atoms with Crippen LogP contribution >= 0.6 is 0 Å². The van der Waals surface area contributed by atoms with Gasteiger partial charge >= 0.3 is 0 Å². The maximum absolute atomic E-state index is 5.42. The lowest BCUT2D eigenvalue weighted by Gasteiger charge is -2.07. The van der Waals surface area contributed by atoms with Crippen molar-refractivity contribution in [3.8, 4) is 5.88 Å². The first-order chi connectivity index (χ1) is 7.86. The second-order valence-corrected chi connectivity index (χ2v) is 3.23. The molecule has 0 radical (unpaired) electrons. The first-order valence-corrected chi connectivity index (χ1v) is 5.63. The van der Waals surface area contributed by atoms with Crippen molar-refractivity contribution in [2.24, 2.45) is 0 Å². The molecule has 0 atom stereocenters. The zero-order valence-corrected chi connectivity index (χ0v) is 9.90. The number of ether oxygens (including phenoxy) is 2. The minimum atomic E-state index is 0.516. The Hall–Kier alpha value is -1.36. The minimum Gasteiger partial charge on any atom is -0.475 e. The van der Waals surface area contributed by atoms with Crippen LogP contribution in [0, 0.1) is 0 Å². The van der Waals surface area contributed by atoms with Gasteiger partial charge in [-0.05, 0) is 13.3 Å². The van der Waals surface area contributed by atoms with E-state index in [0.29, 0.717) is 19.1 Å². The van der Waals surface area contributed by atoms with E-state index in [0.717, 1.165) is 25.4 Å². The third kappa shape index (κ3) is 4.93. The van der Waals surface area contributed by atoms with Gasteiger partial charge in [-0.25, -0.2) is 9.97 Å². The zero-order chi connectivity index (χ0) is 11.6. The fourth-order valence-electron chi connectivity index (χ4n) is 1.15. The van der Waals surface area contributed by atoms with Crippen molar-refractivity contribution < 1.29 is 9.47 Å². The van der Waals surface area contributed by atoms with E-state index in [4.69, 9.17) is 9.47 Å². The minimum absolute atomic E-state index is 0.516. The van der Waals surface area contributed by atoms with Crippen LogP contribution in [0.4, 0.5) is 5.82 Å². The number of anilines is 1. The second-order valence-electron chi connectivity index (χ2n) is 3.23. The van der Waals surface area contributed by atoms with Crippen molar-refractivity contribution in [2.75, 3.05) is 31.7 Å². The van der Waals surface area contributed by atoms with E-state index in [2.05, 4.69) is 22.2 Å². The lowest BCUT2D eigenvalue weighted by molar-refractivity contribution is 0.0990. The number of hydrogen-bond acceptors (Lipinski definition) is 5. The van der Waals surface area contributed by atoms with Crippen LogP contribution in [-0.4, -0.2) is 36.3 Å². The molecule has 0 unspecified atom stereocenters. The predicted molar refractivity (Wildman–Crippen MR) is 62.8 cm³/mol. The third-order valence-corrected chi connectivity index (χ3v) is 1.83. The van der Waals surface area contributed by atoms with Gasteiger partial charge in [-0.2, -0.15) is 0 Å². The van der Waals surface area contributed by atoms with Gasteiger partial charge in [0.15, 0.2) is 0 Å². The van der Waals surface area contributed by atoms with Gasteiger partial charge in [-0.1, -0.05) is 6.92 Å². The summed E-state index contributed by atoms with van der Waals surface area (Å²) in [6.45, 7) is 6.80. The molecule has 16 heavy (non-hydrogen) atoms. The molecular formula is C11H19N3O2. The van der Waals surface area contributed by atoms with Gasteiger partial charge in [-0.15, -0.1) is 0 Å². The topological polar surface area (TPSA) is 56.3 Å². The van der Waals surface area contributed by atoms with E-state index in [9.17, 15) is 0 Å². The molecule has 0 aliphatic rings. The summed E-state index contributed by atoms with van der Waals surface area (Å²) in [6, 6.07) is 1.78. The maximum atomic E-state index is 5.42. The average molecular weight is 225 g/mol. The van der Waals surface area contributed by atoms with Gasteiger partial charge in [-0.3, -0.25) is 0 Å². The van der Waals surface area contributed by atoms with Crippen LogP contribution in [0.5, 0.6) is 5.88 Å². The lowest BCUT2D eigenvalue weighted by atomic mass is 10.5. The van der Waals surface area contributed by atoms with Gasteiger partial charge in [0, 0.05) is 19.2 Å². The van der Waals surface area contributed by atoms with E-state index in [1.165, 1.54) is 6.33 Å². The highest BCUT2D eigenvalue weighted by molar-refractivity contribution is 5.36. The van der Waals surface area contributed by atoms with E-state index in [1.54, 1.807) is 6.07 Å². The van der Waals surface area contributed by atoms with Crippen molar-refractivity contribution in [2.45, 2.75) is 20.3 Å². The Morgan fingerprint density at radius 2 is 2.06 bits per heavy atom. The standard InChI is InChI=1S/C11H19N3O2/c1-3-5-15-6-7-16-11-8-10(12-4-2)13-9-14-11/h8-9H,3-7H2,1-2H3,(H,12,13,14). The van der Waals surface area contributed by atoms with Crippen LogP contribution in [0.2, 0.25) is 0 Å². The van der Waals surface area contributed by atoms with Gasteiger partial charge < -0.3 is 14.8 Å². The average Bonchev–Trinajstić information content (AvgIpc) is 2.30. The maximum Gasteiger partial charge on any atom is 0.218 e. The molecule has 0 saturated heterocycles. The number of hydrogen-bond donors (Lipinski definition) is 1. The monoisotopic (exact) mass is 225 g/mol. The largest absolute Gasteiger partial charge is 0.475 e. The van der Waals surface area contributed by atoms with E-state index < -0.39 is 0 Å². The summed E-state index contributed by atoms with van der Waals surface area (Å²) in [5.41, 5.74) is 0. The number of rotatable bonds is 8. The molecule has 5 heteroatoms. The second kappa shape index (κ2) is 7.87. The molecule has 0 saturated carbocycles. The molecule has 0 aromatic carbocycles. The third-order valence-electron chi connectivity index (χ3n) is 1.83. The molecule has 0 aliphatic heterocycles. The first kappa shape index (κ1) is 12.7. The Morgan fingerprint density at radius 3 is 2.81 bits per heavy atom. The van der Waals surface area contributed by atoms with Crippen LogP contribution in [0.3, 0.4) is 0 Å². The molecule has 1 aromatic rings. The van der Waals surface area contributed by atoms with Crippen LogP contribution in [0.25, 0.3) is 0 Å². The molecule has 0 fully saturated rings. The molecule has 0 spiro atoms. The van der Waals surface area contributed by atoms with Gasteiger partial charge in [0.2, 0.25) is 5.88 Å². The lowest BCUT2D eigenvalue weighted by Crippen LogP contribution is -2.08. The van der Waals surface area contributed by atoms with E-state index >= 15 is 0 Å². The van der Waals surface area contributed by atoms with Crippen molar-refractivity contribution in [3.05, 3.63) is 12.4 Å². The molecule has 0 amide bonds. The van der Waals surface area contributed by atoms with Crippen molar-refractivity contribution in [3.63, 3.8) is 0 Å². The highest BCUT2D eigenvalue weighted by atomic mass is 16.5. The number of nitrogens with one attached hydrogen (secondary N) is 1. The fourth-order valence-corrected chi connectivity index (χ4v) is 1.15. The molecule has 1 aromatic heterocycles. The first-order valence-electron chi connectivity index (χ1n) is 5.63. The number of nitrogens with zero attached hydrogens (tertiary/aromatic N) is 2. The fraction of sp³-hybridized carbons (Fsp3) is 0.636. The highest BCUT2D eigenvalue weighted by Gasteiger charge is 1.98. The highest BCUT2D eigenvalue weighted by Crippen LogP contribution is 2.10. The molecule has 5 nitrogen and oxygen atoms in total. The molecule has 0 aliphatic carbocycles. The summed E-state index contributed by atoms with van der Waals surface area (Å²) < 4.78 is 10.7. The quantitative estimate of drug-likeness (QED) is 0.683. The zero-order valence-electron chi connectivity index (χ0n) is 9.90. The Labute approximate surface area is 96.2 Å². The summed E-state index contributed by atoms with van der Waals surface area (Å²) in [4.78, 5) is 8.06. The molecule has 1 heterocycles.